The number of nitrogens with one attached hydrogen (secondary N) is 1. The molecule has 0 bridgehead atoms. The lowest BCUT2D eigenvalue weighted by atomic mass is 10.1. The molecule has 1 heterocycles. The van der Waals surface area contributed by atoms with Crippen molar-refractivity contribution in [2.24, 2.45) is 11.8 Å². The van der Waals surface area contributed by atoms with E-state index in [0.29, 0.717) is 6.04 Å². The van der Waals surface area contributed by atoms with Crippen molar-refractivity contribution >= 4 is 0 Å². The molecule has 0 unspecified atom stereocenters. The number of nitrogens with zero attached hydrogens (tertiary/aromatic N) is 4. The van der Waals surface area contributed by atoms with Gasteiger partial charge in [-0.2, -0.15) is 0 Å². The average Bonchev–Trinajstić information content (AvgIpc) is 3.16. The molecule has 2 fully saturated rings. The maximum absolute atomic E-state index is 4.26. The van der Waals surface area contributed by atoms with Crippen LogP contribution in [0, 0.1) is 11.8 Å². The highest BCUT2D eigenvalue weighted by Gasteiger charge is 2.44. The predicted octanol–water partition coefficient (Wildman–Crippen LogP) is 1.92. The third-order valence-electron chi connectivity index (χ3n) is 3.83. The second-order valence-corrected chi connectivity index (χ2v) is 6.81. The first-order chi connectivity index (χ1) is 8.54. The Kier molecular flexibility index (Phi) is 2.88. The van der Waals surface area contributed by atoms with Gasteiger partial charge in [-0.05, 0) is 68.7 Å². The zero-order chi connectivity index (χ0) is 12.8. The second kappa shape index (κ2) is 4.30. The first kappa shape index (κ1) is 12.1. The van der Waals surface area contributed by atoms with Gasteiger partial charge in [-0.25, -0.2) is 4.68 Å². The van der Waals surface area contributed by atoms with Crippen LogP contribution in [0.15, 0.2) is 0 Å². The van der Waals surface area contributed by atoms with E-state index in [1.807, 2.05) is 0 Å². The molecule has 0 spiro atoms. The van der Waals surface area contributed by atoms with Crippen LogP contribution in [0.2, 0.25) is 0 Å². The summed E-state index contributed by atoms with van der Waals surface area (Å²) in [6.07, 6.45) is 5.42. The van der Waals surface area contributed by atoms with Crippen molar-refractivity contribution in [2.45, 2.75) is 64.6 Å². The molecule has 1 aromatic heterocycles. The molecule has 0 amide bonds. The van der Waals surface area contributed by atoms with Crippen LogP contribution in [-0.4, -0.2) is 25.7 Å². The van der Waals surface area contributed by atoms with Crippen molar-refractivity contribution in [2.75, 3.05) is 0 Å². The van der Waals surface area contributed by atoms with Gasteiger partial charge in [0.1, 0.15) is 0 Å². The third-order valence-corrected chi connectivity index (χ3v) is 3.83. The Bertz CT molecular complexity index is 399. The van der Waals surface area contributed by atoms with Crippen molar-refractivity contribution in [3.8, 4) is 0 Å². The van der Waals surface area contributed by atoms with Gasteiger partial charge in [0.2, 0.25) is 0 Å². The maximum atomic E-state index is 4.26. The molecule has 0 saturated heterocycles. The highest BCUT2D eigenvalue weighted by atomic mass is 15.6. The molecule has 18 heavy (non-hydrogen) atoms. The van der Waals surface area contributed by atoms with E-state index in [1.54, 1.807) is 0 Å². The fraction of sp³-hybridized carbons (Fsp3) is 0.923. The molecule has 0 atom stereocenters. The Morgan fingerprint density at radius 1 is 1.22 bits per heavy atom. The summed E-state index contributed by atoms with van der Waals surface area (Å²) < 4.78 is 2.11. The summed E-state index contributed by atoms with van der Waals surface area (Å²) in [7, 11) is 0. The maximum Gasteiger partial charge on any atom is 0.165 e. The summed E-state index contributed by atoms with van der Waals surface area (Å²) in [5.41, 5.74) is 0.103. The minimum absolute atomic E-state index is 0.103. The number of aromatic nitrogens is 4. The van der Waals surface area contributed by atoms with Crippen molar-refractivity contribution < 1.29 is 0 Å². The summed E-state index contributed by atoms with van der Waals surface area (Å²) in [6, 6.07) is 0.566. The van der Waals surface area contributed by atoms with Crippen LogP contribution in [0.5, 0.6) is 0 Å². The molecule has 2 aliphatic carbocycles. The standard InChI is InChI=1S/C13H23N5/c1-13(2,3)14-8-11-15-16-17-18(11)12(9-4-5-9)10-6-7-10/h9-10,12,14H,4-8H2,1-3H3. The molecule has 5 heteroatoms. The summed E-state index contributed by atoms with van der Waals surface area (Å²) in [5, 5.41) is 15.8. The van der Waals surface area contributed by atoms with Gasteiger partial charge in [0.05, 0.1) is 12.6 Å². The lowest BCUT2D eigenvalue weighted by Crippen LogP contribution is -2.36. The summed E-state index contributed by atoms with van der Waals surface area (Å²) in [5.74, 6) is 2.65. The van der Waals surface area contributed by atoms with Crippen molar-refractivity contribution in [3.63, 3.8) is 0 Å². The lowest BCUT2D eigenvalue weighted by molar-refractivity contribution is 0.330. The zero-order valence-electron chi connectivity index (χ0n) is 11.6. The topological polar surface area (TPSA) is 55.6 Å². The predicted molar refractivity (Wildman–Crippen MR) is 68.9 cm³/mol. The summed E-state index contributed by atoms with van der Waals surface area (Å²) >= 11 is 0. The van der Waals surface area contributed by atoms with Crippen LogP contribution in [0.4, 0.5) is 0 Å². The van der Waals surface area contributed by atoms with Gasteiger partial charge in [-0.15, -0.1) is 5.10 Å². The molecule has 5 nitrogen and oxygen atoms in total. The average molecular weight is 249 g/mol. The fourth-order valence-electron chi connectivity index (χ4n) is 2.56. The Balaban J connectivity index is 1.73. The van der Waals surface area contributed by atoms with Crippen LogP contribution in [0.1, 0.15) is 58.3 Å². The Morgan fingerprint density at radius 3 is 2.33 bits per heavy atom. The first-order valence-electron chi connectivity index (χ1n) is 7.06. The SMILES string of the molecule is CC(C)(C)NCc1nnnn1C(C1CC1)C1CC1. The third kappa shape index (κ3) is 2.71. The number of hydrogen-bond acceptors (Lipinski definition) is 4. The van der Waals surface area contributed by atoms with Crippen LogP contribution in [0.3, 0.4) is 0 Å². The quantitative estimate of drug-likeness (QED) is 0.866. The van der Waals surface area contributed by atoms with Gasteiger partial charge in [-0.3, -0.25) is 0 Å². The number of hydrogen-bond donors (Lipinski definition) is 1. The number of tetrazole rings is 1. The van der Waals surface area contributed by atoms with E-state index in [2.05, 4.69) is 46.3 Å². The van der Waals surface area contributed by atoms with E-state index in [0.717, 1.165) is 24.2 Å². The smallest absolute Gasteiger partial charge is 0.165 e. The highest BCUT2D eigenvalue weighted by Crippen LogP contribution is 2.51. The minimum Gasteiger partial charge on any atom is -0.305 e. The van der Waals surface area contributed by atoms with Crippen molar-refractivity contribution in [3.05, 3.63) is 5.82 Å². The summed E-state index contributed by atoms with van der Waals surface area (Å²) in [6.45, 7) is 7.26. The second-order valence-electron chi connectivity index (χ2n) is 6.81. The molecular weight excluding hydrogens is 226 g/mol. The summed E-state index contributed by atoms with van der Waals surface area (Å²) in [4.78, 5) is 0. The molecule has 100 valence electrons. The molecule has 1 aromatic rings. The molecule has 2 aliphatic rings. The zero-order valence-corrected chi connectivity index (χ0v) is 11.6. The Labute approximate surface area is 108 Å². The molecule has 0 aliphatic heterocycles. The van der Waals surface area contributed by atoms with Crippen LogP contribution < -0.4 is 5.32 Å². The van der Waals surface area contributed by atoms with E-state index in [4.69, 9.17) is 0 Å². The molecular formula is C13H23N5. The molecule has 3 rings (SSSR count). The van der Waals surface area contributed by atoms with Crippen molar-refractivity contribution in [1.29, 1.82) is 0 Å². The van der Waals surface area contributed by atoms with Crippen molar-refractivity contribution in [1.82, 2.24) is 25.5 Å². The Morgan fingerprint density at radius 2 is 1.83 bits per heavy atom. The van der Waals surface area contributed by atoms with Crippen LogP contribution in [0.25, 0.3) is 0 Å². The lowest BCUT2D eigenvalue weighted by Gasteiger charge is -2.22. The van der Waals surface area contributed by atoms with E-state index in [9.17, 15) is 0 Å². The van der Waals surface area contributed by atoms with Gasteiger partial charge in [0.15, 0.2) is 5.82 Å². The fourth-order valence-corrected chi connectivity index (χ4v) is 2.56. The van der Waals surface area contributed by atoms with Crippen LogP contribution in [-0.2, 0) is 6.54 Å². The van der Waals surface area contributed by atoms with Gasteiger partial charge in [-0.1, -0.05) is 0 Å². The van der Waals surface area contributed by atoms with E-state index >= 15 is 0 Å². The van der Waals surface area contributed by atoms with Gasteiger partial charge >= 0.3 is 0 Å². The first-order valence-corrected chi connectivity index (χ1v) is 7.06. The number of rotatable bonds is 5. The Hall–Kier alpha value is -0.970. The largest absolute Gasteiger partial charge is 0.305 e. The van der Waals surface area contributed by atoms with E-state index < -0.39 is 0 Å². The van der Waals surface area contributed by atoms with E-state index in [-0.39, 0.29) is 5.54 Å². The van der Waals surface area contributed by atoms with E-state index in [1.165, 1.54) is 25.7 Å². The molecule has 2 saturated carbocycles. The minimum atomic E-state index is 0.103. The molecule has 0 radical (unpaired) electrons. The monoisotopic (exact) mass is 249 g/mol. The normalized spacial score (nSPS) is 20.7. The van der Waals surface area contributed by atoms with Crippen LogP contribution >= 0.6 is 0 Å². The molecule has 0 aromatic carbocycles. The van der Waals surface area contributed by atoms with Gasteiger partial charge in [0.25, 0.3) is 0 Å². The van der Waals surface area contributed by atoms with Gasteiger partial charge < -0.3 is 5.32 Å². The van der Waals surface area contributed by atoms with Gasteiger partial charge in [0, 0.05) is 5.54 Å². The highest BCUT2D eigenvalue weighted by molar-refractivity contribution is 4.98. The molecule has 1 N–H and O–H groups in total.